The molecule has 8 heteroatoms. The molecule has 0 saturated carbocycles. The molecule has 3 N–H and O–H groups in total. The van der Waals surface area contributed by atoms with Gasteiger partial charge in [-0.2, -0.15) is 4.98 Å². The van der Waals surface area contributed by atoms with Crippen LogP contribution in [0.1, 0.15) is 19.1 Å². The second kappa shape index (κ2) is 4.63. The van der Waals surface area contributed by atoms with Crippen LogP contribution in [0.2, 0.25) is 0 Å². The molecule has 3 heterocycles. The molecule has 0 radical (unpaired) electrons. The molecule has 0 aromatic carbocycles. The van der Waals surface area contributed by atoms with E-state index >= 15 is 0 Å². The number of hydrogen-bond donors (Lipinski definition) is 2. The van der Waals surface area contributed by atoms with Crippen molar-refractivity contribution in [2.24, 2.45) is 0 Å². The van der Waals surface area contributed by atoms with Gasteiger partial charge in [-0.3, -0.25) is 14.3 Å². The molecule has 1 aliphatic heterocycles. The van der Waals surface area contributed by atoms with Crippen LogP contribution in [0.25, 0.3) is 11.2 Å². The monoisotopic (exact) mass is 265 g/mol. The number of aromatic amines is 1. The Morgan fingerprint density at radius 2 is 2.47 bits per heavy atom. The molecule has 1 saturated heterocycles. The van der Waals surface area contributed by atoms with E-state index in [0.717, 1.165) is 12.8 Å². The molecule has 2 aromatic heterocycles. The first-order chi connectivity index (χ1) is 9.19. The van der Waals surface area contributed by atoms with E-state index in [-0.39, 0.29) is 29.4 Å². The largest absolute Gasteiger partial charge is 0.382 e. The second-order valence-electron chi connectivity index (χ2n) is 4.52. The van der Waals surface area contributed by atoms with E-state index in [1.54, 1.807) is 18.0 Å². The number of imidazole rings is 1. The summed E-state index contributed by atoms with van der Waals surface area (Å²) in [5.74, 6) is 0.0747. The molecule has 19 heavy (non-hydrogen) atoms. The average Bonchev–Trinajstić information content (AvgIpc) is 2.95. The average molecular weight is 265 g/mol. The number of fused-ring (bicyclic) bond motifs is 1. The standard InChI is InChI=1S/C11H15N5O3/c1-18-4-6-2-3-7(19-6)16-5-13-8-9(16)14-11(12)15-10(8)17/h5-7H,2-4H2,1H3,(H3,12,14,15,17)/t6-,7+/m0/s1. The van der Waals surface area contributed by atoms with Crippen LogP contribution in [-0.2, 0) is 9.47 Å². The van der Waals surface area contributed by atoms with Crippen LogP contribution in [0.4, 0.5) is 5.95 Å². The zero-order valence-electron chi connectivity index (χ0n) is 10.5. The van der Waals surface area contributed by atoms with Crippen LogP contribution in [0.3, 0.4) is 0 Å². The molecule has 8 nitrogen and oxygen atoms in total. The Labute approximate surface area is 108 Å². The van der Waals surface area contributed by atoms with E-state index in [1.165, 1.54) is 0 Å². The fourth-order valence-electron chi connectivity index (χ4n) is 2.35. The number of nitrogen functional groups attached to an aromatic ring is 1. The topological polar surface area (TPSA) is 108 Å². The van der Waals surface area contributed by atoms with Crippen molar-refractivity contribution in [3.05, 3.63) is 16.7 Å². The fourth-order valence-corrected chi connectivity index (χ4v) is 2.35. The molecule has 1 fully saturated rings. The zero-order chi connectivity index (χ0) is 13.4. The predicted molar refractivity (Wildman–Crippen MR) is 67.6 cm³/mol. The number of anilines is 1. The third-order valence-electron chi connectivity index (χ3n) is 3.20. The Balaban J connectivity index is 1.96. The van der Waals surface area contributed by atoms with Gasteiger partial charge in [0.15, 0.2) is 11.2 Å². The van der Waals surface area contributed by atoms with Gasteiger partial charge in [-0.25, -0.2) is 4.98 Å². The van der Waals surface area contributed by atoms with Gasteiger partial charge in [0.25, 0.3) is 5.56 Å². The van der Waals surface area contributed by atoms with Gasteiger partial charge in [-0.1, -0.05) is 0 Å². The zero-order valence-corrected chi connectivity index (χ0v) is 10.5. The van der Waals surface area contributed by atoms with Gasteiger partial charge in [0.1, 0.15) is 6.23 Å². The Kier molecular flexibility index (Phi) is 2.96. The number of rotatable bonds is 3. The van der Waals surface area contributed by atoms with Crippen molar-refractivity contribution in [2.75, 3.05) is 19.5 Å². The lowest BCUT2D eigenvalue weighted by molar-refractivity contribution is -0.0300. The number of methoxy groups -OCH3 is 1. The Bertz CT molecular complexity index is 649. The van der Waals surface area contributed by atoms with Gasteiger partial charge >= 0.3 is 0 Å². The molecule has 0 unspecified atom stereocenters. The molecule has 0 amide bonds. The Hall–Kier alpha value is -1.93. The number of aromatic nitrogens is 4. The normalized spacial score (nSPS) is 23.2. The minimum absolute atomic E-state index is 0.0618. The molecule has 0 spiro atoms. The van der Waals surface area contributed by atoms with Crippen molar-refractivity contribution in [2.45, 2.75) is 25.2 Å². The minimum Gasteiger partial charge on any atom is -0.382 e. The maximum Gasteiger partial charge on any atom is 0.280 e. The van der Waals surface area contributed by atoms with Crippen molar-refractivity contribution >= 4 is 17.1 Å². The van der Waals surface area contributed by atoms with Crippen molar-refractivity contribution in [1.82, 2.24) is 19.5 Å². The second-order valence-corrected chi connectivity index (χ2v) is 4.52. The summed E-state index contributed by atoms with van der Waals surface area (Å²) in [4.78, 5) is 22.3. The third-order valence-corrected chi connectivity index (χ3v) is 3.20. The Morgan fingerprint density at radius 3 is 3.26 bits per heavy atom. The van der Waals surface area contributed by atoms with Gasteiger partial charge in [0.05, 0.1) is 19.0 Å². The van der Waals surface area contributed by atoms with E-state index in [2.05, 4.69) is 15.0 Å². The molecule has 0 aliphatic carbocycles. The van der Waals surface area contributed by atoms with Crippen LogP contribution >= 0.6 is 0 Å². The fraction of sp³-hybridized carbons (Fsp3) is 0.545. The van der Waals surface area contributed by atoms with Crippen LogP contribution < -0.4 is 11.3 Å². The summed E-state index contributed by atoms with van der Waals surface area (Å²) in [7, 11) is 1.64. The first-order valence-corrected chi connectivity index (χ1v) is 6.05. The summed E-state index contributed by atoms with van der Waals surface area (Å²) in [6.07, 6.45) is 3.17. The lowest BCUT2D eigenvalue weighted by Crippen LogP contribution is -2.16. The predicted octanol–water partition coefficient (Wildman–Crippen LogP) is 0.0258. The van der Waals surface area contributed by atoms with Crippen molar-refractivity contribution < 1.29 is 9.47 Å². The number of nitrogens with two attached hydrogens (primary N) is 1. The first-order valence-electron chi connectivity index (χ1n) is 6.05. The van der Waals surface area contributed by atoms with Gasteiger partial charge in [0, 0.05) is 7.11 Å². The van der Waals surface area contributed by atoms with E-state index in [1.807, 2.05) is 0 Å². The van der Waals surface area contributed by atoms with Crippen LogP contribution in [0.15, 0.2) is 11.1 Å². The molecule has 0 bridgehead atoms. The third kappa shape index (κ3) is 2.08. The molecule has 2 atom stereocenters. The summed E-state index contributed by atoms with van der Waals surface area (Å²) in [6, 6.07) is 0. The lowest BCUT2D eigenvalue weighted by atomic mass is 10.2. The lowest BCUT2D eigenvalue weighted by Gasteiger charge is -2.14. The molecule has 3 rings (SSSR count). The highest BCUT2D eigenvalue weighted by Gasteiger charge is 2.28. The van der Waals surface area contributed by atoms with Gasteiger partial charge in [-0.15, -0.1) is 0 Å². The Morgan fingerprint density at radius 1 is 1.63 bits per heavy atom. The molecule has 1 aliphatic rings. The van der Waals surface area contributed by atoms with Gasteiger partial charge in [-0.05, 0) is 12.8 Å². The van der Waals surface area contributed by atoms with Crippen molar-refractivity contribution in [1.29, 1.82) is 0 Å². The number of nitrogens with zero attached hydrogens (tertiary/aromatic N) is 3. The highest BCUT2D eigenvalue weighted by molar-refractivity contribution is 5.70. The van der Waals surface area contributed by atoms with E-state index < -0.39 is 0 Å². The van der Waals surface area contributed by atoms with Gasteiger partial charge < -0.3 is 15.2 Å². The summed E-state index contributed by atoms with van der Waals surface area (Å²) < 4.78 is 12.7. The number of hydrogen-bond acceptors (Lipinski definition) is 6. The minimum atomic E-state index is -0.340. The molecular formula is C11H15N5O3. The van der Waals surface area contributed by atoms with Crippen LogP contribution in [0.5, 0.6) is 0 Å². The van der Waals surface area contributed by atoms with Gasteiger partial charge in [0.2, 0.25) is 5.95 Å². The maximum atomic E-state index is 11.7. The van der Waals surface area contributed by atoms with E-state index in [4.69, 9.17) is 15.2 Å². The summed E-state index contributed by atoms with van der Waals surface area (Å²) in [5, 5.41) is 0. The summed E-state index contributed by atoms with van der Waals surface area (Å²) >= 11 is 0. The molecule has 102 valence electrons. The maximum absolute atomic E-state index is 11.7. The molecule has 2 aromatic rings. The van der Waals surface area contributed by atoms with E-state index in [0.29, 0.717) is 12.3 Å². The highest BCUT2D eigenvalue weighted by Crippen LogP contribution is 2.29. The van der Waals surface area contributed by atoms with E-state index in [9.17, 15) is 4.79 Å². The van der Waals surface area contributed by atoms with Crippen molar-refractivity contribution in [3.8, 4) is 0 Å². The SMILES string of the molecule is COC[C@@H]1CC[C@H](n2cnc3c(=O)[nH]c(N)nc32)O1. The highest BCUT2D eigenvalue weighted by atomic mass is 16.5. The summed E-state index contributed by atoms with van der Waals surface area (Å²) in [6.45, 7) is 0.555. The van der Waals surface area contributed by atoms with Crippen molar-refractivity contribution in [3.63, 3.8) is 0 Å². The smallest absolute Gasteiger partial charge is 0.280 e. The number of ether oxygens (including phenoxy) is 2. The molecular weight excluding hydrogens is 250 g/mol. The first kappa shape index (κ1) is 12.1. The summed E-state index contributed by atoms with van der Waals surface area (Å²) in [5.41, 5.74) is 5.94. The quantitative estimate of drug-likeness (QED) is 0.810. The van der Waals surface area contributed by atoms with Crippen LogP contribution in [0, 0.1) is 0 Å². The number of nitrogens with one attached hydrogen (secondary N) is 1. The number of H-pyrrole nitrogens is 1. The van der Waals surface area contributed by atoms with Crippen LogP contribution in [-0.4, -0.2) is 39.3 Å².